The van der Waals surface area contributed by atoms with Crippen LogP contribution in [-0.4, -0.2) is 0 Å². The molecule has 0 amide bonds. The summed E-state index contributed by atoms with van der Waals surface area (Å²) in [5, 5.41) is 0. The fraction of sp³-hybridized carbons (Fsp3) is 0.980. The maximum Gasteiger partial charge on any atom is -0.0137 e. The van der Waals surface area contributed by atoms with Crippen molar-refractivity contribution in [1.82, 2.24) is 0 Å². The van der Waals surface area contributed by atoms with Crippen molar-refractivity contribution in [2.24, 2.45) is 63.6 Å². The summed E-state index contributed by atoms with van der Waals surface area (Å²) in [6.07, 6.45) is 27.3. The van der Waals surface area contributed by atoms with Crippen LogP contribution in [0.1, 0.15) is 246 Å². The maximum atomic E-state index is 2.85. The van der Waals surface area contributed by atoms with E-state index in [1.807, 2.05) is 5.92 Å². The zero-order valence-corrected chi connectivity index (χ0v) is 37.8. The predicted octanol–water partition coefficient (Wildman–Crippen LogP) is 17.6. The summed E-state index contributed by atoms with van der Waals surface area (Å²) >= 11 is 0. The van der Waals surface area contributed by atoms with Crippen molar-refractivity contribution < 1.29 is 0 Å². The van der Waals surface area contributed by atoms with Gasteiger partial charge in [-0.05, 0) is 95.2 Å². The van der Waals surface area contributed by atoms with Crippen molar-refractivity contribution in [2.75, 3.05) is 0 Å². The van der Waals surface area contributed by atoms with Crippen LogP contribution in [0, 0.1) is 69.5 Å². The zero-order valence-electron chi connectivity index (χ0n) is 37.8. The molecule has 0 aliphatic carbocycles. The molecule has 0 spiro atoms. The monoisotopic (exact) mass is 688 g/mol. The maximum absolute atomic E-state index is 2.85. The van der Waals surface area contributed by atoms with Gasteiger partial charge in [-0.2, -0.15) is 0 Å². The van der Waals surface area contributed by atoms with E-state index >= 15 is 0 Å². The fourth-order valence-electron chi connectivity index (χ4n) is 11.9. The average molecular weight is 688 g/mol. The van der Waals surface area contributed by atoms with Crippen molar-refractivity contribution in [3.8, 4) is 0 Å². The van der Waals surface area contributed by atoms with Gasteiger partial charge in [0.15, 0.2) is 0 Å². The SMILES string of the molecule is CCCCCCC(C(CC)CC)(C(C)C(C)C)C(CC(C)CC)([C](C)C(CCCC(C)C)(CC(C)CCC)C(C)CCCC)C(C)CCC. The minimum absolute atomic E-state index is 0.231. The van der Waals surface area contributed by atoms with Crippen LogP contribution in [0.4, 0.5) is 0 Å². The van der Waals surface area contributed by atoms with Gasteiger partial charge >= 0.3 is 0 Å². The van der Waals surface area contributed by atoms with Gasteiger partial charge in [0.25, 0.3) is 0 Å². The van der Waals surface area contributed by atoms with Gasteiger partial charge in [0, 0.05) is 0 Å². The van der Waals surface area contributed by atoms with Crippen molar-refractivity contribution in [3.63, 3.8) is 0 Å². The highest BCUT2D eigenvalue weighted by atomic mass is 14.7. The van der Waals surface area contributed by atoms with Crippen LogP contribution in [0.3, 0.4) is 0 Å². The molecule has 0 aromatic rings. The van der Waals surface area contributed by atoms with E-state index in [0.29, 0.717) is 28.6 Å². The van der Waals surface area contributed by atoms with E-state index in [2.05, 4.69) is 118 Å². The molecule has 0 aromatic carbocycles. The van der Waals surface area contributed by atoms with Crippen LogP contribution in [0.15, 0.2) is 0 Å². The van der Waals surface area contributed by atoms with Gasteiger partial charge in [-0.15, -0.1) is 0 Å². The molecule has 1 radical (unpaired) electrons. The summed E-state index contributed by atoms with van der Waals surface area (Å²) in [5.74, 6) is 7.90. The molecule has 0 nitrogen and oxygen atoms in total. The van der Waals surface area contributed by atoms with Crippen molar-refractivity contribution in [3.05, 3.63) is 5.92 Å². The van der Waals surface area contributed by atoms with E-state index in [1.165, 1.54) is 128 Å². The Morgan fingerprint density at radius 2 is 1.08 bits per heavy atom. The van der Waals surface area contributed by atoms with Crippen LogP contribution in [0.25, 0.3) is 0 Å². The third-order valence-corrected chi connectivity index (χ3v) is 15.0. The second-order valence-electron chi connectivity index (χ2n) is 19.0. The van der Waals surface area contributed by atoms with Gasteiger partial charge in [-0.3, -0.25) is 0 Å². The van der Waals surface area contributed by atoms with E-state index in [9.17, 15) is 0 Å². The lowest BCUT2D eigenvalue weighted by Gasteiger charge is -2.68. The second-order valence-corrected chi connectivity index (χ2v) is 19.0. The van der Waals surface area contributed by atoms with Crippen LogP contribution in [-0.2, 0) is 0 Å². The molecule has 0 bridgehead atoms. The summed E-state index contributed by atoms with van der Waals surface area (Å²) in [5.41, 5.74) is 0.836. The second kappa shape index (κ2) is 25.1. The number of hydrogen-bond donors (Lipinski definition) is 0. The largest absolute Gasteiger partial charge is 0.0654 e. The Labute approximate surface area is 314 Å². The van der Waals surface area contributed by atoms with E-state index in [4.69, 9.17) is 0 Å². The molecule has 0 saturated carbocycles. The summed E-state index contributed by atoms with van der Waals surface area (Å²) in [6.45, 7) is 44.0. The summed E-state index contributed by atoms with van der Waals surface area (Å²) < 4.78 is 0. The van der Waals surface area contributed by atoms with Gasteiger partial charge in [0.05, 0.1) is 0 Å². The van der Waals surface area contributed by atoms with Crippen LogP contribution in [0.2, 0.25) is 0 Å². The number of hydrogen-bond acceptors (Lipinski definition) is 0. The molecule has 0 heteroatoms. The molecule has 0 saturated heterocycles. The first-order chi connectivity index (χ1) is 23.1. The smallest absolute Gasteiger partial charge is 0.0137 e. The van der Waals surface area contributed by atoms with Gasteiger partial charge in [0.1, 0.15) is 0 Å². The fourth-order valence-corrected chi connectivity index (χ4v) is 11.9. The number of unbranched alkanes of at least 4 members (excludes halogenated alkanes) is 4. The van der Waals surface area contributed by atoms with Gasteiger partial charge in [-0.1, -0.05) is 220 Å². The van der Waals surface area contributed by atoms with Gasteiger partial charge in [-0.25, -0.2) is 0 Å². The summed E-state index contributed by atoms with van der Waals surface area (Å²) in [6, 6.07) is 0. The Balaban J connectivity index is 8.65. The van der Waals surface area contributed by atoms with Crippen LogP contribution < -0.4 is 0 Å². The topological polar surface area (TPSA) is 0 Å². The molecule has 0 rings (SSSR count). The van der Waals surface area contributed by atoms with Gasteiger partial charge < -0.3 is 0 Å². The highest BCUT2D eigenvalue weighted by Crippen LogP contribution is 2.72. The van der Waals surface area contributed by atoms with Crippen LogP contribution >= 0.6 is 0 Å². The normalized spacial score (nSPS) is 19.5. The molecule has 49 heavy (non-hydrogen) atoms. The van der Waals surface area contributed by atoms with E-state index < -0.39 is 0 Å². The Kier molecular flexibility index (Phi) is 25.1. The lowest BCUT2D eigenvalue weighted by atomic mass is 9.36. The first kappa shape index (κ1) is 49.0. The molecule has 0 aliphatic rings. The molecule has 295 valence electrons. The highest BCUT2D eigenvalue weighted by Gasteiger charge is 2.65. The zero-order chi connectivity index (χ0) is 37.8. The van der Waals surface area contributed by atoms with Crippen molar-refractivity contribution >= 4 is 0 Å². The summed E-state index contributed by atoms with van der Waals surface area (Å²) in [7, 11) is 0. The Morgan fingerprint density at radius 1 is 0.490 bits per heavy atom. The van der Waals surface area contributed by atoms with E-state index in [1.54, 1.807) is 0 Å². The molecular formula is C49H99. The Morgan fingerprint density at radius 3 is 1.55 bits per heavy atom. The highest BCUT2D eigenvalue weighted by molar-refractivity contribution is 5.25. The van der Waals surface area contributed by atoms with Crippen LogP contribution in [0.5, 0.6) is 0 Å². The molecule has 0 aliphatic heterocycles. The molecule has 0 fully saturated rings. The van der Waals surface area contributed by atoms with E-state index in [-0.39, 0.29) is 5.41 Å². The average Bonchev–Trinajstić information content (AvgIpc) is 3.06. The predicted molar refractivity (Wildman–Crippen MR) is 227 cm³/mol. The molecular weight excluding hydrogens is 589 g/mol. The molecule has 8 atom stereocenters. The number of rotatable bonds is 31. The Bertz CT molecular complexity index is 771. The quantitative estimate of drug-likeness (QED) is 0.0636. The molecule has 0 N–H and O–H groups in total. The third-order valence-electron chi connectivity index (χ3n) is 15.0. The minimum atomic E-state index is 0.231. The minimum Gasteiger partial charge on any atom is -0.0654 e. The first-order valence-electron chi connectivity index (χ1n) is 23.0. The molecule has 0 heterocycles. The summed E-state index contributed by atoms with van der Waals surface area (Å²) in [4.78, 5) is 0. The lowest BCUT2D eigenvalue weighted by Crippen LogP contribution is -2.62. The van der Waals surface area contributed by atoms with E-state index in [0.717, 1.165) is 29.6 Å². The lowest BCUT2D eigenvalue weighted by molar-refractivity contribution is -0.150. The van der Waals surface area contributed by atoms with Gasteiger partial charge in [0.2, 0.25) is 0 Å². The first-order valence-corrected chi connectivity index (χ1v) is 23.0. The molecule has 0 aromatic heterocycles. The van der Waals surface area contributed by atoms with Crippen molar-refractivity contribution in [1.29, 1.82) is 0 Å². The van der Waals surface area contributed by atoms with Crippen molar-refractivity contribution in [2.45, 2.75) is 246 Å². The standard InChI is InChI=1S/C49H99/c1-18-25-27-28-35-48(44(16)39(10)11,46(23-6)24-7)49(37-40(12)22-5,43(15)31-21-4)45(17)47(34-29-32-38(8)9,36-41(13)30-20-3)42(14)33-26-19-2/h38-44,46H,18-37H2,1-17H3. The Hall–Kier alpha value is 0. The molecule has 8 unspecified atom stereocenters. The third kappa shape index (κ3) is 12.8.